The number of rotatable bonds is 3. The van der Waals surface area contributed by atoms with E-state index in [1.54, 1.807) is 18.7 Å². The number of benzene rings is 1. The zero-order chi connectivity index (χ0) is 14.7. The van der Waals surface area contributed by atoms with Crippen LogP contribution in [0.5, 0.6) is 0 Å². The minimum absolute atomic E-state index is 0.415. The number of nitrogens with zero attached hydrogens (tertiary/aromatic N) is 4. The molecule has 0 radical (unpaired) electrons. The van der Waals surface area contributed by atoms with E-state index >= 15 is 0 Å². The molecule has 5 nitrogen and oxygen atoms in total. The molecule has 5 heteroatoms. The third kappa shape index (κ3) is 2.60. The number of anilines is 1. The average Bonchev–Trinajstić information content (AvgIpc) is 2.98. The molecule has 3 aromatic rings. The molecule has 0 aliphatic heterocycles. The van der Waals surface area contributed by atoms with Crippen molar-refractivity contribution in [3.8, 4) is 23.0 Å². The highest BCUT2D eigenvalue weighted by molar-refractivity contribution is 5.64. The maximum Gasteiger partial charge on any atom is 0.123 e. The lowest BCUT2D eigenvalue weighted by molar-refractivity contribution is 1.06. The smallest absolute Gasteiger partial charge is 0.123 e. The molecule has 0 bridgehead atoms. The molecule has 3 rings (SSSR count). The maximum absolute atomic E-state index is 8.71. The zero-order valence-corrected chi connectivity index (χ0v) is 11.3. The molecule has 0 saturated carbocycles. The Balaban J connectivity index is 2.01. The van der Waals surface area contributed by atoms with Gasteiger partial charge in [0, 0.05) is 17.4 Å². The first-order valence-electron chi connectivity index (χ1n) is 6.48. The standard InChI is InChI=1S/C16H13N5/c17-7-5-12-1-3-14(4-2-12)21-11-19-10-15(21)13-6-8-20-16(18)9-13/h1-4,6,8-11H,5H2,(H2,18,20). The second-order valence-electron chi connectivity index (χ2n) is 4.62. The Bertz CT molecular complexity index is 796. The van der Waals surface area contributed by atoms with Gasteiger partial charge in [0.25, 0.3) is 0 Å². The topological polar surface area (TPSA) is 80.5 Å². The van der Waals surface area contributed by atoms with Crippen molar-refractivity contribution in [1.82, 2.24) is 14.5 Å². The predicted molar refractivity (Wildman–Crippen MR) is 80.5 cm³/mol. The Morgan fingerprint density at radius 1 is 1.19 bits per heavy atom. The molecule has 0 atom stereocenters. The van der Waals surface area contributed by atoms with Crippen molar-refractivity contribution < 1.29 is 0 Å². The Kier molecular flexibility index (Phi) is 3.36. The third-order valence-electron chi connectivity index (χ3n) is 3.21. The van der Waals surface area contributed by atoms with Gasteiger partial charge in [-0.15, -0.1) is 0 Å². The van der Waals surface area contributed by atoms with Gasteiger partial charge in [0.1, 0.15) is 5.82 Å². The highest BCUT2D eigenvalue weighted by Gasteiger charge is 2.07. The van der Waals surface area contributed by atoms with Crippen molar-refractivity contribution in [2.45, 2.75) is 6.42 Å². The van der Waals surface area contributed by atoms with Gasteiger partial charge >= 0.3 is 0 Å². The van der Waals surface area contributed by atoms with Crippen molar-refractivity contribution in [2.75, 3.05) is 5.73 Å². The summed E-state index contributed by atoms with van der Waals surface area (Å²) in [5, 5.41) is 8.71. The molecule has 21 heavy (non-hydrogen) atoms. The van der Waals surface area contributed by atoms with Crippen LogP contribution in [0.25, 0.3) is 16.9 Å². The van der Waals surface area contributed by atoms with Crippen molar-refractivity contribution in [2.24, 2.45) is 0 Å². The second kappa shape index (κ2) is 5.47. The number of aromatic nitrogens is 3. The summed E-state index contributed by atoms with van der Waals surface area (Å²) in [6.07, 6.45) is 5.64. The van der Waals surface area contributed by atoms with Crippen LogP contribution < -0.4 is 5.73 Å². The number of imidazole rings is 1. The van der Waals surface area contributed by atoms with Gasteiger partial charge in [0.05, 0.1) is 30.7 Å². The van der Waals surface area contributed by atoms with Gasteiger partial charge in [-0.05, 0) is 29.8 Å². The minimum atomic E-state index is 0.415. The zero-order valence-electron chi connectivity index (χ0n) is 11.3. The average molecular weight is 275 g/mol. The lowest BCUT2D eigenvalue weighted by Crippen LogP contribution is -1.97. The van der Waals surface area contributed by atoms with E-state index in [1.165, 1.54) is 0 Å². The normalized spacial score (nSPS) is 10.2. The molecule has 0 aliphatic carbocycles. The molecule has 0 unspecified atom stereocenters. The summed E-state index contributed by atoms with van der Waals surface area (Å²) < 4.78 is 1.98. The number of pyridine rings is 1. The first kappa shape index (κ1) is 12.9. The lowest BCUT2D eigenvalue weighted by atomic mass is 10.1. The minimum Gasteiger partial charge on any atom is -0.384 e. The summed E-state index contributed by atoms with van der Waals surface area (Å²) >= 11 is 0. The van der Waals surface area contributed by atoms with Crippen LogP contribution in [0.4, 0.5) is 5.82 Å². The SMILES string of the molecule is N#CCc1ccc(-n2cncc2-c2ccnc(N)c2)cc1. The first-order valence-corrected chi connectivity index (χ1v) is 6.48. The van der Waals surface area contributed by atoms with E-state index in [-0.39, 0.29) is 0 Å². The predicted octanol–water partition coefficient (Wildman–Crippen LogP) is 2.58. The third-order valence-corrected chi connectivity index (χ3v) is 3.21. The molecule has 2 aromatic heterocycles. The summed E-state index contributed by atoms with van der Waals surface area (Å²) in [4.78, 5) is 8.21. The molecular formula is C16H13N5. The van der Waals surface area contributed by atoms with Crippen LogP contribution in [0.1, 0.15) is 5.56 Å². The quantitative estimate of drug-likeness (QED) is 0.796. The van der Waals surface area contributed by atoms with Crippen LogP contribution in [0.2, 0.25) is 0 Å². The fourth-order valence-electron chi connectivity index (χ4n) is 2.19. The van der Waals surface area contributed by atoms with E-state index in [0.29, 0.717) is 12.2 Å². The van der Waals surface area contributed by atoms with Crippen molar-refractivity contribution in [3.63, 3.8) is 0 Å². The Morgan fingerprint density at radius 2 is 2.00 bits per heavy atom. The Labute approximate surface area is 122 Å². The number of hydrogen-bond donors (Lipinski definition) is 1. The molecule has 2 heterocycles. The molecule has 0 saturated heterocycles. The van der Waals surface area contributed by atoms with E-state index in [2.05, 4.69) is 16.0 Å². The summed E-state index contributed by atoms with van der Waals surface area (Å²) in [6, 6.07) is 13.7. The van der Waals surface area contributed by atoms with Crippen LogP contribution in [0.15, 0.2) is 55.1 Å². The van der Waals surface area contributed by atoms with Gasteiger partial charge in [-0.3, -0.25) is 4.57 Å². The van der Waals surface area contributed by atoms with Crippen molar-refractivity contribution >= 4 is 5.82 Å². The fraction of sp³-hybridized carbons (Fsp3) is 0.0625. The van der Waals surface area contributed by atoms with Crippen LogP contribution in [-0.2, 0) is 6.42 Å². The van der Waals surface area contributed by atoms with Crippen LogP contribution in [0.3, 0.4) is 0 Å². The van der Waals surface area contributed by atoms with Crippen LogP contribution >= 0.6 is 0 Å². The number of nitrogen functional groups attached to an aromatic ring is 1. The van der Waals surface area contributed by atoms with Gasteiger partial charge in [-0.25, -0.2) is 9.97 Å². The molecule has 0 aliphatic rings. The second-order valence-corrected chi connectivity index (χ2v) is 4.62. The van der Waals surface area contributed by atoms with E-state index in [1.807, 2.05) is 41.0 Å². The summed E-state index contributed by atoms with van der Waals surface area (Å²) in [7, 11) is 0. The van der Waals surface area contributed by atoms with E-state index in [9.17, 15) is 0 Å². The van der Waals surface area contributed by atoms with Crippen molar-refractivity contribution in [1.29, 1.82) is 5.26 Å². The highest BCUT2D eigenvalue weighted by Crippen LogP contribution is 2.23. The summed E-state index contributed by atoms with van der Waals surface area (Å²) in [5.74, 6) is 0.476. The molecular weight excluding hydrogens is 262 g/mol. The monoisotopic (exact) mass is 275 g/mol. The van der Waals surface area contributed by atoms with E-state index in [4.69, 9.17) is 11.0 Å². The van der Waals surface area contributed by atoms with Gasteiger partial charge in [-0.1, -0.05) is 12.1 Å². The number of nitriles is 1. The highest BCUT2D eigenvalue weighted by atomic mass is 15.0. The summed E-state index contributed by atoms with van der Waals surface area (Å²) in [6.45, 7) is 0. The molecule has 0 amide bonds. The largest absolute Gasteiger partial charge is 0.384 e. The number of hydrogen-bond acceptors (Lipinski definition) is 4. The Hall–Kier alpha value is -3.13. The van der Waals surface area contributed by atoms with Crippen LogP contribution in [-0.4, -0.2) is 14.5 Å². The van der Waals surface area contributed by atoms with Gasteiger partial charge in [-0.2, -0.15) is 5.26 Å². The summed E-state index contributed by atoms with van der Waals surface area (Å²) in [5.41, 5.74) is 9.62. The van der Waals surface area contributed by atoms with Gasteiger partial charge in [0.2, 0.25) is 0 Å². The van der Waals surface area contributed by atoms with Crippen LogP contribution in [0, 0.1) is 11.3 Å². The maximum atomic E-state index is 8.71. The molecule has 102 valence electrons. The van der Waals surface area contributed by atoms with E-state index < -0.39 is 0 Å². The van der Waals surface area contributed by atoms with Gasteiger partial charge < -0.3 is 5.73 Å². The van der Waals surface area contributed by atoms with Crippen molar-refractivity contribution in [3.05, 3.63) is 60.7 Å². The molecule has 1 aromatic carbocycles. The fourth-order valence-corrected chi connectivity index (χ4v) is 2.19. The van der Waals surface area contributed by atoms with E-state index in [0.717, 1.165) is 22.5 Å². The Morgan fingerprint density at radius 3 is 2.71 bits per heavy atom. The first-order chi connectivity index (χ1) is 10.3. The van der Waals surface area contributed by atoms with Gasteiger partial charge in [0.15, 0.2) is 0 Å². The lowest BCUT2D eigenvalue weighted by Gasteiger charge is -2.09. The molecule has 2 N–H and O–H groups in total. The molecule has 0 fully saturated rings. The number of nitrogens with two attached hydrogens (primary N) is 1. The molecule has 0 spiro atoms.